The van der Waals surface area contributed by atoms with Gasteiger partial charge in [-0.05, 0) is 25.0 Å². The number of nitrogens with two attached hydrogens (primary N) is 1. The van der Waals surface area contributed by atoms with Crippen LogP contribution < -0.4 is 5.73 Å². The Morgan fingerprint density at radius 3 is 2.95 bits per heavy atom. The summed E-state index contributed by atoms with van der Waals surface area (Å²) >= 11 is 0. The van der Waals surface area contributed by atoms with E-state index in [0.29, 0.717) is 6.54 Å². The Morgan fingerprint density at radius 2 is 2.32 bits per heavy atom. The molecule has 2 amide bonds. The average molecular weight is 266 g/mol. The van der Waals surface area contributed by atoms with Crippen LogP contribution in [0.2, 0.25) is 0 Å². The third-order valence-electron chi connectivity index (χ3n) is 3.28. The van der Waals surface area contributed by atoms with E-state index in [9.17, 15) is 9.59 Å². The molecule has 104 valence electrons. The Kier molecular flexibility index (Phi) is 4.09. The number of carbonyl (C=O) groups excluding carboxylic acids is 2. The zero-order valence-corrected chi connectivity index (χ0v) is 10.9. The zero-order chi connectivity index (χ0) is 13.8. The molecular formula is C13H18N2O4. The Balaban J connectivity index is 1.88. The maximum atomic E-state index is 11.8. The minimum atomic E-state index is -0.504. The summed E-state index contributed by atoms with van der Waals surface area (Å²) in [5.41, 5.74) is 5.25. The molecular weight excluding hydrogens is 248 g/mol. The molecule has 1 atom stereocenters. The van der Waals surface area contributed by atoms with Gasteiger partial charge in [0.25, 0.3) is 0 Å². The predicted octanol–water partition coefficient (Wildman–Crippen LogP) is 1.54. The van der Waals surface area contributed by atoms with Crippen LogP contribution in [-0.4, -0.2) is 36.1 Å². The smallest absolute Gasteiger partial charge is 0.374 e. The molecule has 2 N–H and O–H groups in total. The second-order valence-corrected chi connectivity index (χ2v) is 4.55. The van der Waals surface area contributed by atoms with E-state index in [4.69, 9.17) is 14.9 Å². The van der Waals surface area contributed by atoms with E-state index in [1.54, 1.807) is 12.1 Å². The third-order valence-corrected chi connectivity index (χ3v) is 3.28. The summed E-state index contributed by atoms with van der Waals surface area (Å²) in [5.74, 6) is 0.433. The lowest BCUT2D eigenvalue weighted by Crippen LogP contribution is -2.41. The van der Waals surface area contributed by atoms with Gasteiger partial charge < -0.3 is 19.8 Å². The normalized spacial score (nSPS) is 18.6. The van der Waals surface area contributed by atoms with Crippen molar-refractivity contribution in [1.82, 2.24) is 4.90 Å². The summed E-state index contributed by atoms with van der Waals surface area (Å²) in [6, 6.07) is 2.76. The summed E-state index contributed by atoms with van der Waals surface area (Å²) in [7, 11) is 0. The van der Waals surface area contributed by atoms with Crippen molar-refractivity contribution < 1.29 is 18.7 Å². The molecule has 1 aromatic heterocycles. The number of nitrogens with zero attached hydrogens (tertiary/aromatic N) is 1. The van der Waals surface area contributed by atoms with Gasteiger partial charge in [0, 0.05) is 13.0 Å². The molecule has 1 saturated heterocycles. The minimum absolute atomic E-state index is 0.123. The van der Waals surface area contributed by atoms with Gasteiger partial charge in [-0.1, -0.05) is 6.92 Å². The van der Waals surface area contributed by atoms with Gasteiger partial charge in [-0.15, -0.1) is 0 Å². The van der Waals surface area contributed by atoms with E-state index in [1.165, 1.54) is 4.90 Å². The van der Waals surface area contributed by atoms with E-state index in [1.807, 2.05) is 6.92 Å². The number of carbonyl (C=O) groups is 2. The summed E-state index contributed by atoms with van der Waals surface area (Å²) in [4.78, 5) is 24.4. The highest BCUT2D eigenvalue weighted by molar-refractivity contribution is 5.86. The molecule has 0 saturated carbocycles. The number of ether oxygens (including phenoxy) is 1. The Labute approximate surface area is 111 Å². The molecule has 0 spiro atoms. The van der Waals surface area contributed by atoms with Crippen molar-refractivity contribution in [2.75, 3.05) is 13.2 Å². The number of hydrogen-bond acceptors (Lipinski definition) is 4. The Morgan fingerprint density at radius 1 is 1.53 bits per heavy atom. The molecule has 1 aliphatic rings. The highest BCUT2D eigenvalue weighted by Gasteiger charge is 2.28. The van der Waals surface area contributed by atoms with Crippen molar-refractivity contribution in [3.63, 3.8) is 0 Å². The first-order chi connectivity index (χ1) is 9.11. The highest BCUT2D eigenvalue weighted by Crippen LogP contribution is 2.18. The Bertz CT molecular complexity index is 469. The number of primary amides is 1. The van der Waals surface area contributed by atoms with Crippen molar-refractivity contribution in [3.8, 4) is 0 Å². The van der Waals surface area contributed by atoms with E-state index in [0.717, 1.165) is 25.0 Å². The molecule has 0 bridgehead atoms. The Hall–Kier alpha value is -1.98. The van der Waals surface area contributed by atoms with Crippen LogP contribution in [0, 0.1) is 0 Å². The monoisotopic (exact) mass is 266 g/mol. The molecule has 1 fully saturated rings. The number of rotatable bonds is 4. The second-order valence-electron chi connectivity index (χ2n) is 4.55. The molecule has 0 aliphatic carbocycles. The largest absolute Gasteiger partial charge is 0.458 e. The zero-order valence-electron chi connectivity index (χ0n) is 10.9. The van der Waals surface area contributed by atoms with Gasteiger partial charge in [0.05, 0.1) is 6.04 Å². The number of amides is 2. The number of likely N-dealkylation sites (tertiary alicyclic amines) is 1. The second kappa shape index (κ2) is 5.77. The first-order valence-electron chi connectivity index (χ1n) is 6.43. The molecule has 6 heteroatoms. The van der Waals surface area contributed by atoms with Crippen LogP contribution in [0.3, 0.4) is 0 Å². The lowest BCUT2D eigenvalue weighted by molar-refractivity contribution is 0.0385. The molecule has 2 heterocycles. The maximum Gasteiger partial charge on any atom is 0.374 e. The quantitative estimate of drug-likeness (QED) is 0.837. The van der Waals surface area contributed by atoms with Crippen molar-refractivity contribution in [1.29, 1.82) is 0 Å². The van der Waals surface area contributed by atoms with Crippen molar-refractivity contribution in [2.45, 2.75) is 32.2 Å². The fourth-order valence-corrected chi connectivity index (χ4v) is 2.22. The van der Waals surface area contributed by atoms with Crippen LogP contribution in [0.5, 0.6) is 0 Å². The lowest BCUT2D eigenvalue weighted by Gasteiger charge is -2.21. The average Bonchev–Trinajstić information content (AvgIpc) is 3.04. The van der Waals surface area contributed by atoms with E-state index in [-0.39, 0.29) is 18.4 Å². The first-order valence-corrected chi connectivity index (χ1v) is 6.43. The van der Waals surface area contributed by atoms with Gasteiger partial charge in [0.1, 0.15) is 12.4 Å². The summed E-state index contributed by atoms with van der Waals surface area (Å²) < 4.78 is 10.5. The summed E-state index contributed by atoms with van der Waals surface area (Å²) in [6.45, 7) is 2.72. The molecule has 1 aliphatic heterocycles. The minimum Gasteiger partial charge on any atom is -0.458 e. The molecule has 0 aromatic carbocycles. The fraction of sp³-hybridized carbons (Fsp3) is 0.538. The van der Waals surface area contributed by atoms with Gasteiger partial charge in [-0.2, -0.15) is 0 Å². The van der Waals surface area contributed by atoms with E-state index >= 15 is 0 Å². The van der Waals surface area contributed by atoms with Crippen LogP contribution in [0.1, 0.15) is 36.1 Å². The maximum absolute atomic E-state index is 11.8. The van der Waals surface area contributed by atoms with Gasteiger partial charge in [-0.3, -0.25) is 0 Å². The molecule has 0 radical (unpaired) electrons. The first kappa shape index (κ1) is 13.5. The fourth-order valence-electron chi connectivity index (χ4n) is 2.22. The SMILES string of the molecule is CCc1ccc(C(=O)OC[C@H]2CCCN2C(N)=O)o1. The van der Waals surface area contributed by atoms with Crippen LogP contribution >= 0.6 is 0 Å². The van der Waals surface area contributed by atoms with Gasteiger partial charge in [-0.25, -0.2) is 9.59 Å². The predicted molar refractivity (Wildman–Crippen MR) is 67.7 cm³/mol. The number of esters is 1. The molecule has 1 aromatic rings. The van der Waals surface area contributed by atoms with Crippen LogP contribution in [0.4, 0.5) is 4.79 Å². The molecule has 2 rings (SSSR count). The topological polar surface area (TPSA) is 85.8 Å². The van der Waals surface area contributed by atoms with Crippen molar-refractivity contribution in [3.05, 3.63) is 23.7 Å². The van der Waals surface area contributed by atoms with Gasteiger partial charge in [0.2, 0.25) is 5.76 Å². The van der Waals surface area contributed by atoms with E-state index in [2.05, 4.69) is 0 Å². The van der Waals surface area contributed by atoms with Crippen molar-refractivity contribution in [2.24, 2.45) is 5.73 Å². The molecule has 0 unspecified atom stereocenters. The van der Waals surface area contributed by atoms with Gasteiger partial charge in [0.15, 0.2) is 0 Å². The summed E-state index contributed by atoms with van der Waals surface area (Å²) in [5, 5.41) is 0. The number of hydrogen-bond donors (Lipinski definition) is 1. The molecule has 19 heavy (non-hydrogen) atoms. The number of urea groups is 1. The van der Waals surface area contributed by atoms with Crippen LogP contribution in [0.15, 0.2) is 16.5 Å². The van der Waals surface area contributed by atoms with E-state index < -0.39 is 12.0 Å². The third kappa shape index (κ3) is 3.07. The van der Waals surface area contributed by atoms with Gasteiger partial charge >= 0.3 is 12.0 Å². The lowest BCUT2D eigenvalue weighted by atomic mass is 10.2. The van der Waals surface area contributed by atoms with Crippen LogP contribution in [0.25, 0.3) is 0 Å². The standard InChI is InChI=1S/C13H18N2O4/c1-2-10-5-6-11(19-10)12(16)18-8-9-4-3-7-15(9)13(14)17/h5-6,9H,2-4,7-8H2,1H3,(H2,14,17)/t9-/m1/s1. The van der Waals surface area contributed by atoms with Crippen LogP contribution in [-0.2, 0) is 11.2 Å². The summed E-state index contributed by atoms with van der Waals surface area (Å²) in [6.07, 6.45) is 2.41. The highest BCUT2D eigenvalue weighted by atomic mass is 16.5. The molecule has 6 nitrogen and oxygen atoms in total. The van der Waals surface area contributed by atoms with Crippen molar-refractivity contribution >= 4 is 12.0 Å². The number of furan rings is 1. The number of aryl methyl sites for hydroxylation is 1.